The zero-order valence-electron chi connectivity index (χ0n) is 37.2. The van der Waals surface area contributed by atoms with Crippen molar-refractivity contribution < 1.29 is 66.6 Å². The molecule has 352 valence electrons. The molecule has 0 saturated heterocycles. The Morgan fingerprint density at radius 3 is 1.06 bits per heavy atom. The predicted octanol–water partition coefficient (Wildman–Crippen LogP) is 16.2. The molecule has 5 aromatic carbocycles. The van der Waals surface area contributed by atoms with Crippen LogP contribution in [0.2, 0.25) is 0 Å². The van der Waals surface area contributed by atoms with Crippen LogP contribution >= 0.6 is 17.0 Å². The van der Waals surface area contributed by atoms with E-state index in [0.29, 0.717) is 46.5 Å². The van der Waals surface area contributed by atoms with Gasteiger partial charge in [0.25, 0.3) is 0 Å². The van der Waals surface area contributed by atoms with E-state index in [0.717, 1.165) is 5.56 Å². The van der Waals surface area contributed by atoms with Gasteiger partial charge in [-0.05, 0) is 88.5 Å². The summed E-state index contributed by atoms with van der Waals surface area (Å²) in [6.07, 6.45) is -20.9. The summed E-state index contributed by atoms with van der Waals surface area (Å²) in [5, 5.41) is 0. The SMILES string of the molecule is Br.COc1c(C(C)(C)C)cc2c(c1-c1cc(C(F)(F)F)cc(C(F)(F)F)c1)C[N+](C)([C@@H](C)c1ccccc1)Cc1c-2cc(C(C)(C)C)c(OC)c1-c1cc(C(F)(F)F)cc(C(F)(F)F)c1. The largest absolute Gasteiger partial charge is 0.496 e. The Kier molecular flexibility index (Phi) is 13.6. The highest BCUT2D eigenvalue weighted by molar-refractivity contribution is 8.93. The lowest BCUT2D eigenvalue weighted by Gasteiger charge is -2.41. The van der Waals surface area contributed by atoms with Crippen molar-refractivity contribution in [2.45, 2.75) is 103 Å². The molecule has 0 bridgehead atoms. The average Bonchev–Trinajstić information content (AvgIpc) is 3.30. The molecule has 0 amide bonds. The van der Waals surface area contributed by atoms with E-state index in [9.17, 15) is 52.7 Å². The first kappa shape index (κ1) is 51.3. The number of quaternary nitrogens is 1. The topological polar surface area (TPSA) is 18.5 Å². The number of nitrogens with zero attached hydrogens (tertiary/aromatic N) is 1. The summed E-state index contributed by atoms with van der Waals surface area (Å²) >= 11 is 0. The Bertz CT molecular complexity index is 2360. The molecule has 0 saturated carbocycles. The molecule has 1 atom stereocenters. The number of fused-ring (bicyclic) bond motifs is 3. The van der Waals surface area contributed by atoms with Gasteiger partial charge in [0.15, 0.2) is 0 Å². The number of hydrogen-bond acceptors (Lipinski definition) is 2. The quantitative estimate of drug-likeness (QED) is 0.125. The highest BCUT2D eigenvalue weighted by atomic mass is 79.9. The van der Waals surface area contributed by atoms with Crippen LogP contribution in [0.5, 0.6) is 11.5 Å². The zero-order valence-corrected chi connectivity index (χ0v) is 38.9. The molecular weight excluding hydrogens is 942 g/mol. The Hall–Kier alpha value is -4.70. The van der Waals surface area contributed by atoms with Crippen molar-refractivity contribution in [1.82, 2.24) is 0 Å². The fourth-order valence-electron chi connectivity index (χ4n) is 8.71. The fraction of sp³-hybridized carbons (Fsp3) is 0.388. The third-order valence-corrected chi connectivity index (χ3v) is 12.1. The number of ether oxygens (including phenoxy) is 2. The molecular formula is C49H49BrF12NO2+. The highest BCUT2D eigenvalue weighted by Crippen LogP contribution is 2.56. The fourth-order valence-corrected chi connectivity index (χ4v) is 8.71. The van der Waals surface area contributed by atoms with Crippen LogP contribution < -0.4 is 9.47 Å². The summed E-state index contributed by atoms with van der Waals surface area (Å²) in [4.78, 5) is 0. The number of halogens is 13. The van der Waals surface area contributed by atoms with Crippen molar-refractivity contribution in [1.29, 1.82) is 0 Å². The minimum absolute atomic E-state index is 0. The van der Waals surface area contributed by atoms with Gasteiger partial charge >= 0.3 is 24.7 Å². The van der Waals surface area contributed by atoms with Crippen molar-refractivity contribution in [3.63, 3.8) is 0 Å². The van der Waals surface area contributed by atoms with Crippen molar-refractivity contribution in [3.05, 3.63) is 129 Å². The van der Waals surface area contributed by atoms with E-state index >= 15 is 0 Å². The molecule has 0 unspecified atom stereocenters. The van der Waals surface area contributed by atoms with Crippen molar-refractivity contribution in [2.24, 2.45) is 0 Å². The molecule has 1 aliphatic rings. The molecule has 1 aliphatic heterocycles. The van der Waals surface area contributed by atoms with Crippen molar-refractivity contribution in [3.8, 4) is 44.9 Å². The van der Waals surface area contributed by atoms with Gasteiger partial charge in [0.1, 0.15) is 30.6 Å². The summed E-state index contributed by atoms with van der Waals surface area (Å²) in [6.45, 7) is 12.2. The van der Waals surface area contributed by atoms with Crippen LogP contribution in [-0.2, 0) is 48.6 Å². The van der Waals surface area contributed by atoms with Crippen LogP contribution in [-0.4, -0.2) is 25.8 Å². The first-order valence-electron chi connectivity index (χ1n) is 20.2. The third kappa shape index (κ3) is 10.0. The molecule has 0 fully saturated rings. The third-order valence-electron chi connectivity index (χ3n) is 12.1. The van der Waals surface area contributed by atoms with Gasteiger partial charge in [-0.1, -0.05) is 71.9 Å². The average molecular weight is 992 g/mol. The first-order valence-corrected chi connectivity index (χ1v) is 20.2. The second-order valence-corrected chi connectivity index (χ2v) is 18.7. The summed E-state index contributed by atoms with van der Waals surface area (Å²) < 4.78 is 187. The maximum Gasteiger partial charge on any atom is 0.416 e. The second-order valence-electron chi connectivity index (χ2n) is 18.7. The van der Waals surface area contributed by atoms with E-state index in [2.05, 4.69) is 0 Å². The number of alkyl halides is 12. The van der Waals surface area contributed by atoms with E-state index in [-0.39, 0.29) is 80.4 Å². The first-order chi connectivity index (χ1) is 29.2. The molecule has 65 heavy (non-hydrogen) atoms. The Morgan fingerprint density at radius 1 is 0.492 bits per heavy atom. The zero-order chi connectivity index (χ0) is 47.9. The lowest BCUT2D eigenvalue weighted by Crippen LogP contribution is -2.44. The van der Waals surface area contributed by atoms with Gasteiger partial charge in [-0.3, -0.25) is 0 Å². The normalized spacial score (nSPS) is 15.0. The summed E-state index contributed by atoms with van der Waals surface area (Å²) in [7, 11) is 4.30. The number of methoxy groups -OCH3 is 2. The van der Waals surface area contributed by atoms with Gasteiger partial charge in [0, 0.05) is 38.9 Å². The lowest BCUT2D eigenvalue weighted by molar-refractivity contribution is -0.962. The molecule has 0 aliphatic carbocycles. The number of hydrogen-bond donors (Lipinski definition) is 0. The van der Waals surface area contributed by atoms with Crippen LogP contribution in [0.1, 0.15) is 105 Å². The van der Waals surface area contributed by atoms with Crippen LogP contribution in [0.3, 0.4) is 0 Å². The lowest BCUT2D eigenvalue weighted by atomic mass is 9.76. The van der Waals surface area contributed by atoms with Crippen molar-refractivity contribution in [2.75, 3.05) is 21.3 Å². The summed E-state index contributed by atoms with van der Waals surface area (Å²) in [6, 6.07) is 14.5. The monoisotopic (exact) mass is 990 g/mol. The molecule has 3 nitrogen and oxygen atoms in total. The van der Waals surface area contributed by atoms with E-state index in [1.165, 1.54) is 14.2 Å². The minimum atomic E-state index is -5.21. The van der Waals surface area contributed by atoms with E-state index in [1.54, 1.807) is 78.9 Å². The van der Waals surface area contributed by atoms with Crippen molar-refractivity contribution >= 4 is 17.0 Å². The molecule has 1 heterocycles. The number of rotatable bonds is 6. The number of benzene rings is 5. The van der Waals surface area contributed by atoms with Crippen LogP contribution in [0.25, 0.3) is 33.4 Å². The molecule has 6 rings (SSSR count). The summed E-state index contributed by atoms with van der Waals surface area (Å²) in [5.74, 6) is -0.00270. The van der Waals surface area contributed by atoms with Gasteiger partial charge in [0.05, 0.1) is 43.5 Å². The van der Waals surface area contributed by atoms with Gasteiger partial charge in [0.2, 0.25) is 0 Å². The second kappa shape index (κ2) is 17.2. The Morgan fingerprint density at radius 2 is 0.800 bits per heavy atom. The molecule has 0 aromatic heterocycles. The van der Waals surface area contributed by atoms with Crippen LogP contribution in [0.15, 0.2) is 78.9 Å². The molecule has 0 radical (unpaired) electrons. The highest BCUT2D eigenvalue weighted by Gasteiger charge is 2.44. The Balaban J connectivity index is 0.00000793. The van der Waals surface area contributed by atoms with E-state index in [4.69, 9.17) is 9.47 Å². The molecule has 0 N–H and O–H groups in total. The van der Waals surface area contributed by atoms with E-state index in [1.807, 2.05) is 19.1 Å². The van der Waals surface area contributed by atoms with Gasteiger partial charge in [-0.25, -0.2) is 0 Å². The standard InChI is InChI=1S/C49H48F12NO2.BrH/c1-26(27-14-12-11-13-15-27)62(8)24-36-34(22-38(44(2,3)4)42(63-9)40(36)28-16-30(46(50,51)52)20-31(17-28)47(53,54)55)35-23-39(45(5,6)7)43(64-10)41(37(35)25-62)29-18-32(48(56,57)58)21-33(19-29)49(59,60)61;/h11-23,26H,24-25H2,1-10H3;1H/q+1;/t26-;/m0./s1. The van der Waals surface area contributed by atoms with Gasteiger partial charge < -0.3 is 14.0 Å². The van der Waals surface area contributed by atoms with Gasteiger partial charge in [-0.2, -0.15) is 52.7 Å². The maximum absolute atomic E-state index is 14.6. The minimum Gasteiger partial charge on any atom is -0.496 e. The smallest absolute Gasteiger partial charge is 0.416 e. The molecule has 0 spiro atoms. The van der Waals surface area contributed by atoms with E-state index < -0.39 is 75.0 Å². The maximum atomic E-state index is 14.6. The van der Waals surface area contributed by atoms with Gasteiger partial charge in [-0.15, -0.1) is 17.0 Å². The van der Waals surface area contributed by atoms with Crippen LogP contribution in [0.4, 0.5) is 52.7 Å². The van der Waals surface area contributed by atoms with Crippen LogP contribution in [0, 0.1) is 0 Å². The Labute approximate surface area is 380 Å². The molecule has 16 heteroatoms. The molecule has 5 aromatic rings. The predicted molar refractivity (Wildman–Crippen MR) is 232 cm³/mol. The summed E-state index contributed by atoms with van der Waals surface area (Å²) in [5.41, 5.74) is -6.59.